The Hall–Kier alpha value is -2.42. The number of carbonyl (C=O) groups is 1. The Morgan fingerprint density at radius 1 is 1.23 bits per heavy atom. The number of aryl methyl sites for hydroxylation is 1. The largest absolute Gasteiger partial charge is 0.339 e. The number of thioether (sulfide) groups is 1. The SMILES string of the molecule is C=CCn1c(SCC(=O)N2CCN(C)CC2)nc2scc(-c3ccc(C)cc3)c2c1=O. The number of likely N-dealkylation sites (N-methyl/N-ethyl adjacent to an activating group) is 1. The van der Waals surface area contributed by atoms with Gasteiger partial charge in [0.2, 0.25) is 5.91 Å². The third-order valence-corrected chi connectivity index (χ3v) is 7.35. The normalized spacial score (nSPS) is 14.8. The van der Waals surface area contributed by atoms with Crippen molar-refractivity contribution in [3.8, 4) is 11.1 Å². The van der Waals surface area contributed by atoms with Gasteiger partial charge in [0.25, 0.3) is 5.56 Å². The number of rotatable bonds is 6. The fraction of sp³-hybridized carbons (Fsp3) is 0.348. The summed E-state index contributed by atoms with van der Waals surface area (Å²) in [4.78, 5) is 35.7. The van der Waals surface area contributed by atoms with Gasteiger partial charge in [-0.25, -0.2) is 4.98 Å². The van der Waals surface area contributed by atoms with Crippen molar-refractivity contribution in [1.82, 2.24) is 19.4 Å². The fourth-order valence-electron chi connectivity index (χ4n) is 3.63. The number of thiophene rings is 1. The lowest BCUT2D eigenvalue weighted by atomic mass is 10.1. The lowest BCUT2D eigenvalue weighted by Gasteiger charge is -2.32. The van der Waals surface area contributed by atoms with Crippen LogP contribution in [0.3, 0.4) is 0 Å². The highest BCUT2D eigenvalue weighted by Crippen LogP contribution is 2.32. The summed E-state index contributed by atoms with van der Waals surface area (Å²) >= 11 is 2.80. The van der Waals surface area contributed by atoms with Crippen LogP contribution in [0.15, 0.2) is 52.3 Å². The molecule has 3 heterocycles. The van der Waals surface area contributed by atoms with Gasteiger partial charge in [0.15, 0.2) is 5.16 Å². The Kier molecular flexibility index (Phi) is 6.60. The Balaban J connectivity index is 1.64. The van der Waals surface area contributed by atoms with E-state index in [1.165, 1.54) is 28.7 Å². The first-order valence-corrected chi connectivity index (χ1v) is 12.1. The van der Waals surface area contributed by atoms with E-state index in [2.05, 4.69) is 18.5 Å². The van der Waals surface area contributed by atoms with Crippen LogP contribution in [0.25, 0.3) is 21.3 Å². The Morgan fingerprint density at radius 3 is 2.61 bits per heavy atom. The van der Waals surface area contributed by atoms with Crippen LogP contribution in [-0.2, 0) is 11.3 Å². The van der Waals surface area contributed by atoms with Crippen LogP contribution < -0.4 is 5.56 Å². The minimum Gasteiger partial charge on any atom is -0.339 e. The second-order valence-electron chi connectivity index (χ2n) is 7.77. The minimum absolute atomic E-state index is 0.0868. The van der Waals surface area contributed by atoms with E-state index in [0.717, 1.165) is 37.3 Å². The molecule has 6 nitrogen and oxygen atoms in total. The van der Waals surface area contributed by atoms with E-state index in [9.17, 15) is 9.59 Å². The van der Waals surface area contributed by atoms with Gasteiger partial charge in [-0.2, -0.15) is 0 Å². The zero-order valence-electron chi connectivity index (χ0n) is 17.8. The predicted octanol–water partition coefficient (Wildman–Crippen LogP) is 3.49. The van der Waals surface area contributed by atoms with Crippen LogP contribution in [0.2, 0.25) is 0 Å². The number of amides is 1. The highest BCUT2D eigenvalue weighted by molar-refractivity contribution is 7.99. The molecule has 1 aliphatic rings. The number of carbonyl (C=O) groups excluding carboxylic acids is 1. The minimum atomic E-state index is -0.0868. The summed E-state index contributed by atoms with van der Waals surface area (Å²) in [6.45, 7) is 9.46. The number of piperazine rings is 1. The van der Waals surface area contributed by atoms with Gasteiger partial charge in [-0.3, -0.25) is 14.2 Å². The van der Waals surface area contributed by atoms with Gasteiger partial charge in [0, 0.05) is 43.7 Å². The summed E-state index contributed by atoms with van der Waals surface area (Å²) in [7, 11) is 2.07. The molecule has 0 atom stereocenters. The molecule has 1 saturated heterocycles. The average molecular weight is 455 g/mol. The maximum atomic E-state index is 13.4. The van der Waals surface area contributed by atoms with Crippen LogP contribution in [0.5, 0.6) is 0 Å². The zero-order valence-corrected chi connectivity index (χ0v) is 19.5. The van der Waals surface area contributed by atoms with E-state index >= 15 is 0 Å². The Morgan fingerprint density at radius 2 is 1.94 bits per heavy atom. The topological polar surface area (TPSA) is 58.4 Å². The van der Waals surface area contributed by atoms with E-state index in [0.29, 0.717) is 21.9 Å². The molecule has 1 amide bonds. The number of allylic oxidation sites excluding steroid dienone is 1. The number of fused-ring (bicyclic) bond motifs is 1. The van der Waals surface area contributed by atoms with E-state index in [-0.39, 0.29) is 17.2 Å². The summed E-state index contributed by atoms with van der Waals surface area (Å²) in [6, 6.07) is 8.16. The molecule has 1 aliphatic heterocycles. The van der Waals surface area contributed by atoms with Gasteiger partial charge in [0.1, 0.15) is 4.83 Å². The molecule has 0 aliphatic carbocycles. The zero-order chi connectivity index (χ0) is 22.0. The molecule has 0 unspecified atom stereocenters. The molecule has 0 N–H and O–H groups in total. The summed E-state index contributed by atoms with van der Waals surface area (Å²) in [5, 5.41) is 3.19. The number of nitrogens with zero attached hydrogens (tertiary/aromatic N) is 4. The van der Waals surface area contributed by atoms with Gasteiger partial charge >= 0.3 is 0 Å². The first-order chi connectivity index (χ1) is 15.0. The van der Waals surface area contributed by atoms with Crippen LogP contribution in [0.1, 0.15) is 5.56 Å². The molecular formula is C23H26N4O2S2. The van der Waals surface area contributed by atoms with Crippen molar-refractivity contribution in [3.05, 3.63) is 58.2 Å². The molecule has 0 saturated carbocycles. The molecule has 4 rings (SSSR count). The first kappa shape index (κ1) is 21.8. The van der Waals surface area contributed by atoms with Crippen LogP contribution in [0.4, 0.5) is 0 Å². The number of benzene rings is 1. The number of hydrogen-bond acceptors (Lipinski definition) is 6. The van der Waals surface area contributed by atoms with Crippen molar-refractivity contribution in [2.24, 2.45) is 0 Å². The molecular weight excluding hydrogens is 428 g/mol. The monoisotopic (exact) mass is 454 g/mol. The fourth-order valence-corrected chi connectivity index (χ4v) is 5.52. The van der Waals surface area contributed by atoms with Crippen LogP contribution >= 0.6 is 23.1 Å². The summed E-state index contributed by atoms with van der Waals surface area (Å²) in [6.07, 6.45) is 1.69. The molecule has 2 aromatic heterocycles. The first-order valence-electron chi connectivity index (χ1n) is 10.3. The lowest BCUT2D eigenvalue weighted by Crippen LogP contribution is -2.47. The standard InChI is InChI=1S/C23H26N4O2S2/c1-4-9-27-22(29)20-18(17-7-5-16(2)6-8-17)14-30-21(20)24-23(27)31-15-19(28)26-12-10-25(3)11-13-26/h4-8,14H,1,9-13,15H2,2-3H3. The molecule has 1 aromatic carbocycles. The smallest absolute Gasteiger partial charge is 0.263 e. The number of hydrogen-bond donors (Lipinski definition) is 0. The van der Waals surface area contributed by atoms with E-state index < -0.39 is 0 Å². The second-order valence-corrected chi connectivity index (χ2v) is 9.57. The summed E-state index contributed by atoms with van der Waals surface area (Å²) in [5.41, 5.74) is 3.00. The lowest BCUT2D eigenvalue weighted by molar-refractivity contribution is -0.129. The number of aromatic nitrogens is 2. The van der Waals surface area contributed by atoms with Gasteiger partial charge in [-0.1, -0.05) is 47.7 Å². The second kappa shape index (κ2) is 9.38. The molecule has 31 heavy (non-hydrogen) atoms. The Bertz CT molecular complexity index is 1160. The van der Waals surface area contributed by atoms with Gasteiger partial charge in [0.05, 0.1) is 11.1 Å². The quantitative estimate of drug-likeness (QED) is 0.324. The molecule has 0 spiro atoms. The van der Waals surface area contributed by atoms with Crippen molar-refractivity contribution in [3.63, 3.8) is 0 Å². The van der Waals surface area contributed by atoms with Crippen molar-refractivity contribution in [2.75, 3.05) is 39.0 Å². The van der Waals surface area contributed by atoms with E-state index in [1.54, 1.807) is 10.6 Å². The van der Waals surface area contributed by atoms with Gasteiger partial charge < -0.3 is 9.80 Å². The third kappa shape index (κ3) is 4.61. The van der Waals surface area contributed by atoms with Gasteiger partial charge in [-0.05, 0) is 19.5 Å². The van der Waals surface area contributed by atoms with E-state index in [1.807, 2.05) is 41.5 Å². The van der Waals surface area contributed by atoms with Crippen molar-refractivity contribution < 1.29 is 4.79 Å². The highest BCUT2D eigenvalue weighted by Gasteiger charge is 2.21. The maximum Gasteiger partial charge on any atom is 0.263 e. The van der Waals surface area contributed by atoms with Crippen molar-refractivity contribution >= 4 is 39.2 Å². The molecule has 3 aromatic rings. The maximum absolute atomic E-state index is 13.4. The van der Waals surface area contributed by atoms with Crippen molar-refractivity contribution in [2.45, 2.75) is 18.6 Å². The highest BCUT2D eigenvalue weighted by atomic mass is 32.2. The predicted molar refractivity (Wildman–Crippen MR) is 129 cm³/mol. The third-order valence-electron chi connectivity index (χ3n) is 5.51. The summed E-state index contributed by atoms with van der Waals surface area (Å²) < 4.78 is 1.63. The molecule has 162 valence electrons. The van der Waals surface area contributed by atoms with Gasteiger partial charge in [-0.15, -0.1) is 17.9 Å². The van der Waals surface area contributed by atoms with Crippen molar-refractivity contribution in [1.29, 1.82) is 0 Å². The molecule has 0 bridgehead atoms. The molecule has 1 fully saturated rings. The van der Waals surface area contributed by atoms with Crippen LogP contribution in [-0.4, -0.2) is 64.2 Å². The molecule has 8 heteroatoms. The molecule has 0 radical (unpaired) electrons. The van der Waals surface area contributed by atoms with Crippen LogP contribution in [0, 0.1) is 6.92 Å². The summed E-state index contributed by atoms with van der Waals surface area (Å²) in [5.74, 6) is 0.360. The van der Waals surface area contributed by atoms with E-state index in [4.69, 9.17) is 4.98 Å². The Labute approximate surface area is 190 Å². The average Bonchev–Trinajstić information content (AvgIpc) is 3.19.